The third-order valence-electron chi connectivity index (χ3n) is 2.91. The lowest BCUT2D eigenvalue weighted by atomic mass is 10.1. The second kappa shape index (κ2) is 5.35. The van der Waals surface area contributed by atoms with Crippen LogP contribution in [0.15, 0.2) is 15.0 Å². The highest BCUT2D eigenvalue weighted by Gasteiger charge is 2.12. The molecule has 0 aliphatic carbocycles. The molecule has 0 aliphatic rings. The zero-order valence-corrected chi connectivity index (χ0v) is 11.3. The first kappa shape index (κ1) is 12.8. The third kappa shape index (κ3) is 2.98. The van der Waals surface area contributed by atoms with Gasteiger partial charge in [0.15, 0.2) is 5.82 Å². The van der Waals surface area contributed by atoms with Gasteiger partial charge in [-0.25, -0.2) is 0 Å². The molecule has 0 radical (unpaired) electrons. The fraction of sp³-hybridized carbons (Fsp3) is 0.538. The number of rotatable bonds is 5. The van der Waals surface area contributed by atoms with Crippen molar-refractivity contribution >= 4 is 0 Å². The Kier molecular flexibility index (Phi) is 3.81. The van der Waals surface area contributed by atoms with Crippen molar-refractivity contribution in [2.45, 2.75) is 40.2 Å². The molecular weight excluding hydrogens is 230 g/mol. The summed E-state index contributed by atoms with van der Waals surface area (Å²) in [4.78, 5) is 4.17. The zero-order valence-electron chi connectivity index (χ0n) is 11.3. The molecule has 0 saturated heterocycles. The van der Waals surface area contributed by atoms with E-state index in [0.717, 1.165) is 30.3 Å². The van der Waals surface area contributed by atoms with Gasteiger partial charge in [-0.3, -0.25) is 0 Å². The molecule has 0 spiro atoms. The molecule has 18 heavy (non-hydrogen) atoms. The average molecular weight is 249 g/mol. The Balaban J connectivity index is 1.85. The molecular formula is C13H19N3O2. The van der Waals surface area contributed by atoms with Crippen molar-refractivity contribution in [3.63, 3.8) is 0 Å². The Bertz CT molecular complexity index is 516. The summed E-state index contributed by atoms with van der Waals surface area (Å²) in [5.74, 6) is 3.28. The van der Waals surface area contributed by atoms with Crippen LogP contribution in [0.5, 0.6) is 0 Å². The van der Waals surface area contributed by atoms with Crippen LogP contribution in [-0.2, 0) is 6.42 Å². The minimum absolute atomic E-state index is 0.260. The summed E-state index contributed by atoms with van der Waals surface area (Å²) in [6, 6.07) is 2.33. The molecule has 5 nitrogen and oxygen atoms in total. The number of hydrogen-bond donors (Lipinski definition) is 1. The molecule has 0 saturated carbocycles. The molecule has 2 heterocycles. The Hall–Kier alpha value is -1.62. The molecule has 1 N–H and O–H groups in total. The number of nitrogens with zero attached hydrogens (tertiary/aromatic N) is 2. The summed E-state index contributed by atoms with van der Waals surface area (Å²) in [7, 11) is 0. The summed E-state index contributed by atoms with van der Waals surface area (Å²) in [5, 5.41) is 7.29. The SMILES string of the molecule is Cc1cc(C(C)NCCc2noc(C)n2)c(C)o1. The maximum absolute atomic E-state index is 5.52. The molecule has 1 unspecified atom stereocenters. The van der Waals surface area contributed by atoms with Crippen molar-refractivity contribution in [1.82, 2.24) is 15.5 Å². The van der Waals surface area contributed by atoms with Crippen molar-refractivity contribution in [3.05, 3.63) is 34.9 Å². The van der Waals surface area contributed by atoms with Gasteiger partial charge in [0, 0.05) is 31.5 Å². The largest absolute Gasteiger partial charge is 0.466 e. The normalized spacial score (nSPS) is 12.9. The Morgan fingerprint density at radius 3 is 2.67 bits per heavy atom. The number of nitrogens with one attached hydrogen (secondary N) is 1. The summed E-state index contributed by atoms with van der Waals surface area (Å²) in [5.41, 5.74) is 1.21. The summed E-state index contributed by atoms with van der Waals surface area (Å²) >= 11 is 0. The lowest BCUT2D eigenvalue weighted by Gasteiger charge is -2.11. The third-order valence-corrected chi connectivity index (χ3v) is 2.91. The van der Waals surface area contributed by atoms with E-state index < -0.39 is 0 Å². The minimum Gasteiger partial charge on any atom is -0.466 e. The monoisotopic (exact) mass is 249 g/mol. The van der Waals surface area contributed by atoms with Crippen molar-refractivity contribution in [2.24, 2.45) is 0 Å². The van der Waals surface area contributed by atoms with Crippen molar-refractivity contribution in [3.8, 4) is 0 Å². The van der Waals surface area contributed by atoms with Crippen LogP contribution in [0.25, 0.3) is 0 Å². The zero-order chi connectivity index (χ0) is 13.1. The fourth-order valence-electron chi connectivity index (χ4n) is 2.03. The van der Waals surface area contributed by atoms with Gasteiger partial charge in [-0.05, 0) is 26.8 Å². The van der Waals surface area contributed by atoms with Crippen LogP contribution in [-0.4, -0.2) is 16.7 Å². The second-order valence-corrected chi connectivity index (χ2v) is 4.52. The van der Waals surface area contributed by atoms with E-state index in [4.69, 9.17) is 8.94 Å². The van der Waals surface area contributed by atoms with Crippen LogP contribution < -0.4 is 5.32 Å². The Morgan fingerprint density at radius 2 is 2.11 bits per heavy atom. The summed E-state index contributed by atoms with van der Waals surface area (Å²) in [6.07, 6.45) is 0.761. The number of hydrogen-bond acceptors (Lipinski definition) is 5. The first-order valence-electron chi connectivity index (χ1n) is 6.15. The number of furan rings is 1. The van der Waals surface area contributed by atoms with E-state index >= 15 is 0 Å². The maximum atomic E-state index is 5.52. The van der Waals surface area contributed by atoms with Crippen molar-refractivity contribution < 1.29 is 8.94 Å². The van der Waals surface area contributed by atoms with Crippen LogP contribution in [0.4, 0.5) is 0 Å². The van der Waals surface area contributed by atoms with Crippen LogP contribution in [0.2, 0.25) is 0 Å². The maximum Gasteiger partial charge on any atom is 0.223 e. The lowest BCUT2D eigenvalue weighted by Crippen LogP contribution is -2.21. The minimum atomic E-state index is 0.260. The van der Waals surface area contributed by atoms with Gasteiger partial charge in [0.05, 0.1) is 0 Å². The van der Waals surface area contributed by atoms with Crippen LogP contribution >= 0.6 is 0 Å². The van der Waals surface area contributed by atoms with E-state index in [-0.39, 0.29) is 6.04 Å². The van der Waals surface area contributed by atoms with E-state index in [1.807, 2.05) is 13.8 Å². The van der Waals surface area contributed by atoms with E-state index in [1.165, 1.54) is 5.56 Å². The highest BCUT2D eigenvalue weighted by atomic mass is 16.5. The van der Waals surface area contributed by atoms with E-state index in [9.17, 15) is 0 Å². The van der Waals surface area contributed by atoms with Gasteiger partial charge < -0.3 is 14.3 Å². The first-order valence-corrected chi connectivity index (χ1v) is 6.15. The molecule has 2 aromatic rings. The topological polar surface area (TPSA) is 64.1 Å². The van der Waals surface area contributed by atoms with Gasteiger partial charge in [0.25, 0.3) is 0 Å². The molecule has 1 atom stereocenters. The Labute approximate surface area is 107 Å². The standard InChI is InChI=1S/C13H19N3O2/c1-8-7-12(10(3)17-8)9(2)14-6-5-13-15-11(4)18-16-13/h7,9,14H,5-6H2,1-4H3. The first-order chi connectivity index (χ1) is 8.56. The lowest BCUT2D eigenvalue weighted by molar-refractivity contribution is 0.386. The van der Waals surface area contributed by atoms with Crippen LogP contribution in [0.3, 0.4) is 0 Å². The predicted octanol–water partition coefficient (Wildman–Crippen LogP) is 2.48. The smallest absolute Gasteiger partial charge is 0.223 e. The highest BCUT2D eigenvalue weighted by Crippen LogP contribution is 2.20. The van der Waals surface area contributed by atoms with Gasteiger partial charge >= 0.3 is 0 Å². The van der Waals surface area contributed by atoms with Gasteiger partial charge in [-0.2, -0.15) is 4.98 Å². The number of aryl methyl sites for hydroxylation is 3. The second-order valence-electron chi connectivity index (χ2n) is 4.52. The Morgan fingerprint density at radius 1 is 1.33 bits per heavy atom. The summed E-state index contributed by atoms with van der Waals surface area (Å²) < 4.78 is 10.4. The predicted molar refractivity (Wildman–Crippen MR) is 67.3 cm³/mol. The molecule has 0 fully saturated rings. The van der Waals surface area contributed by atoms with E-state index in [0.29, 0.717) is 5.89 Å². The quantitative estimate of drug-likeness (QED) is 0.882. The van der Waals surface area contributed by atoms with Crippen molar-refractivity contribution in [2.75, 3.05) is 6.54 Å². The molecule has 2 rings (SSSR count). The molecule has 5 heteroatoms. The molecule has 0 aromatic carbocycles. The molecule has 0 amide bonds. The molecule has 0 bridgehead atoms. The van der Waals surface area contributed by atoms with Crippen LogP contribution in [0, 0.1) is 20.8 Å². The number of aromatic nitrogens is 2. The van der Waals surface area contributed by atoms with Crippen LogP contribution in [0.1, 0.15) is 41.8 Å². The highest BCUT2D eigenvalue weighted by molar-refractivity contribution is 5.23. The van der Waals surface area contributed by atoms with Gasteiger partial charge in [0.2, 0.25) is 5.89 Å². The molecule has 2 aromatic heterocycles. The van der Waals surface area contributed by atoms with Gasteiger partial charge in [-0.15, -0.1) is 0 Å². The summed E-state index contributed by atoms with van der Waals surface area (Å²) in [6.45, 7) is 8.68. The fourth-order valence-corrected chi connectivity index (χ4v) is 2.03. The van der Waals surface area contributed by atoms with Gasteiger partial charge in [0.1, 0.15) is 11.5 Å². The van der Waals surface area contributed by atoms with Crippen molar-refractivity contribution in [1.29, 1.82) is 0 Å². The average Bonchev–Trinajstić information content (AvgIpc) is 2.85. The van der Waals surface area contributed by atoms with E-state index in [1.54, 1.807) is 6.92 Å². The van der Waals surface area contributed by atoms with Gasteiger partial charge in [-0.1, -0.05) is 5.16 Å². The van der Waals surface area contributed by atoms with E-state index in [2.05, 4.69) is 28.4 Å². The molecule has 0 aliphatic heterocycles. The molecule has 98 valence electrons.